The highest BCUT2D eigenvalue weighted by molar-refractivity contribution is 5.91. The number of nitrogens with zero attached hydrogens (tertiary/aromatic N) is 1. The van der Waals surface area contributed by atoms with Crippen molar-refractivity contribution in [3.63, 3.8) is 0 Å². The van der Waals surface area contributed by atoms with Crippen LogP contribution in [0.5, 0.6) is 0 Å². The molecule has 4 heteroatoms. The first-order valence-electron chi connectivity index (χ1n) is 11.8. The number of carbonyl (C=O) groups excluding carboxylic acids is 1. The lowest BCUT2D eigenvalue weighted by molar-refractivity contribution is -0.148. The van der Waals surface area contributed by atoms with E-state index < -0.39 is 17.9 Å². The number of unbranched alkanes of at least 4 members (excludes halogenated alkanes) is 1. The highest BCUT2D eigenvalue weighted by Crippen LogP contribution is 2.34. The van der Waals surface area contributed by atoms with Crippen LogP contribution in [0.1, 0.15) is 48.3 Å². The monoisotopic (exact) mass is 441 g/mol. The summed E-state index contributed by atoms with van der Waals surface area (Å²) < 4.78 is 0. The average molecular weight is 442 g/mol. The van der Waals surface area contributed by atoms with Crippen molar-refractivity contribution < 1.29 is 14.7 Å². The maximum Gasteiger partial charge on any atom is 0.326 e. The van der Waals surface area contributed by atoms with Crippen molar-refractivity contribution in [2.45, 2.75) is 44.1 Å². The van der Waals surface area contributed by atoms with Gasteiger partial charge in [0.05, 0.1) is 5.92 Å². The molecule has 0 aliphatic carbocycles. The number of hydrogen-bond acceptors (Lipinski definition) is 2. The number of amides is 1. The second-order valence-electron chi connectivity index (χ2n) is 8.93. The summed E-state index contributed by atoms with van der Waals surface area (Å²) in [4.78, 5) is 27.5. The minimum absolute atomic E-state index is 0.119. The molecule has 170 valence electrons. The summed E-state index contributed by atoms with van der Waals surface area (Å²) in [6.45, 7) is 0.511. The Labute approximate surface area is 195 Å². The third-order valence-electron chi connectivity index (χ3n) is 6.64. The van der Waals surface area contributed by atoms with Crippen LogP contribution in [0.25, 0.3) is 0 Å². The average Bonchev–Trinajstić information content (AvgIpc) is 3.29. The first-order chi connectivity index (χ1) is 16.1. The Balaban J connectivity index is 1.46. The van der Waals surface area contributed by atoms with E-state index in [-0.39, 0.29) is 11.8 Å². The van der Waals surface area contributed by atoms with Crippen LogP contribution in [0.4, 0.5) is 0 Å². The van der Waals surface area contributed by atoms with Crippen molar-refractivity contribution >= 4 is 11.9 Å². The van der Waals surface area contributed by atoms with E-state index in [1.807, 2.05) is 66.7 Å². The molecular weight excluding hydrogens is 410 g/mol. The lowest BCUT2D eigenvalue weighted by atomic mass is 9.90. The van der Waals surface area contributed by atoms with Crippen LogP contribution < -0.4 is 0 Å². The van der Waals surface area contributed by atoms with Crippen LogP contribution in [0.15, 0.2) is 91.0 Å². The number of hydrogen-bond donors (Lipinski definition) is 1. The highest BCUT2D eigenvalue weighted by atomic mass is 16.4. The van der Waals surface area contributed by atoms with E-state index in [1.54, 1.807) is 4.90 Å². The summed E-state index contributed by atoms with van der Waals surface area (Å²) in [7, 11) is 0. The van der Waals surface area contributed by atoms with Crippen molar-refractivity contribution in [1.29, 1.82) is 0 Å². The first kappa shape index (κ1) is 22.8. The van der Waals surface area contributed by atoms with Gasteiger partial charge in [0, 0.05) is 6.54 Å². The Morgan fingerprint density at radius 3 is 1.91 bits per heavy atom. The van der Waals surface area contributed by atoms with Gasteiger partial charge < -0.3 is 10.0 Å². The van der Waals surface area contributed by atoms with E-state index in [4.69, 9.17) is 0 Å². The Morgan fingerprint density at radius 1 is 0.818 bits per heavy atom. The molecule has 0 bridgehead atoms. The van der Waals surface area contributed by atoms with Crippen molar-refractivity contribution in [2.75, 3.05) is 6.54 Å². The van der Waals surface area contributed by atoms with E-state index >= 15 is 0 Å². The molecule has 2 unspecified atom stereocenters. The van der Waals surface area contributed by atoms with Crippen molar-refractivity contribution in [2.24, 2.45) is 5.92 Å². The number of carbonyl (C=O) groups is 2. The van der Waals surface area contributed by atoms with Gasteiger partial charge in [-0.1, -0.05) is 97.4 Å². The second-order valence-corrected chi connectivity index (χ2v) is 8.93. The molecule has 4 nitrogen and oxygen atoms in total. The van der Waals surface area contributed by atoms with Crippen LogP contribution in [0.3, 0.4) is 0 Å². The number of likely N-dealkylation sites (tertiary alicyclic amines) is 1. The topological polar surface area (TPSA) is 57.6 Å². The molecule has 1 heterocycles. The van der Waals surface area contributed by atoms with Gasteiger partial charge in [0.15, 0.2) is 0 Å². The summed E-state index contributed by atoms with van der Waals surface area (Å²) >= 11 is 0. The summed E-state index contributed by atoms with van der Waals surface area (Å²) in [5.41, 5.74) is 3.12. The Morgan fingerprint density at radius 2 is 1.36 bits per heavy atom. The number of rotatable bonds is 9. The van der Waals surface area contributed by atoms with E-state index in [9.17, 15) is 14.7 Å². The van der Waals surface area contributed by atoms with Gasteiger partial charge in [-0.2, -0.15) is 0 Å². The summed E-state index contributed by atoms with van der Waals surface area (Å²) in [5.74, 6) is -1.30. The van der Waals surface area contributed by atoms with Crippen molar-refractivity contribution in [3.05, 3.63) is 108 Å². The standard InChI is InChI=1S/C29H31NO3/c31-28(27(24-16-6-2-7-17-24)25-18-8-3-9-19-25)30-21-23(20-26(30)29(32)33)15-11-10-14-22-12-4-1-5-13-22/h1-9,12-13,16-19,23,26-27H,10-11,14-15,20-21H2,(H,32,33). The molecule has 0 spiro atoms. The zero-order valence-electron chi connectivity index (χ0n) is 18.8. The zero-order valence-corrected chi connectivity index (χ0v) is 18.8. The van der Waals surface area contributed by atoms with Crippen LogP contribution in [-0.4, -0.2) is 34.5 Å². The Kier molecular flexibility index (Phi) is 7.56. The predicted octanol–water partition coefficient (Wildman–Crippen LogP) is 5.53. The lowest BCUT2D eigenvalue weighted by Gasteiger charge is -2.27. The Hall–Kier alpha value is -3.40. The molecule has 33 heavy (non-hydrogen) atoms. The van der Waals surface area contributed by atoms with Gasteiger partial charge in [0.25, 0.3) is 0 Å². The Bertz CT molecular complexity index is 997. The first-order valence-corrected chi connectivity index (χ1v) is 11.8. The maximum absolute atomic E-state index is 13.8. The van der Waals surface area contributed by atoms with Gasteiger partial charge in [-0.15, -0.1) is 0 Å². The third-order valence-corrected chi connectivity index (χ3v) is 6.64. The molecule has 0 aromatic heterocycles. The van der Waals surface area contributed by atoms with Crippen molar-refractivity contribution in [3.8, 4) is 0 Å². The summed E-state index contributed by atoms with van der Waals surface area (Å²) in [6, 6.07) is 29.0. The number of aryl methyl sites for hydroxylation is 1. The zero-order chi connectivity index (χ0) is 23.0. The van der Waals surface area contributed by atoms with E-state index in [0.717, 1.165) is 36.8 Å². The van der Waals surface area contributed by atoms with E-state index in [2.05, 4.69) is 24.3 Å². The minimum Gasteiger partial charge on any atom is -0.480 e. The fraction of sp³-hybridized carbons (Fsp3) is 0.310. The molecule has 4 rings (SSSR count). The normalized spacial score (nSPS) is 17.9. The largest absolute Gasteiger partial charge is 0.480 e. The number of carboxylic acids is 1. The number of benzene rings is 3. The third kappa shape index (κ3) is 5.70. The highest BCUT2D eigenvalue weighted by Gasteiger charge is 2.42. The van der Waals surface area contributed by atoms with Crippen LogP contribution in [-0.2, 0) is 16.0 Å². The molecule has 3 aromatic carbocycles. The van der Waals surface area contributed by atoms with Gasteiger partial charge in [-0.25, -0.2) is 4.79 Å². The molecule has 1 saturated heterocycles. The van der Waals surface area contributed by atoms with Gasteiger partial charge in [0.1, 0.15) is 6.04 Å². The SMILES string of the molecule is O=C(O)C1CC(CCCCc2ccccc2)CN1C(=O)C(c1ccccc1)c1ccccc1. The molecule has 1 amide bonds. The van der Waals surface area contributed by atoms with Gasteiger partial charge >= 0.3 is 5.97 Å². The molecule has 0 saturated carbocycles. The van der Waals surface area contributed by atoms with Crippen LogP contribution in [0, 0.1) is 5.92 Å². The summed E-state index contributed by atoms with van der Waals surface area (Å²) in [5, 5.41) is 9.90. The maximum atomic E-state index is 13.8. The van der Waals surface area contributed by atoms with E-state index in [1.165, 1.54) is 5.56 Å². The molecule has 1 fully saturated rings. The molecular formula is C29H31NO3. The molecule has 2 atom stereocenters. The predicted molar refractivity (Wildman–Crippen MR) is 130 cm³/mol. The molecule has 1 aliphatic rings. The van der Waals surface area contributed by atoms with Gasteiger partial charge in [0.2, 0.25) is 5.91 Å². The lowest BCUT2D eigenvalue weighted by Crippen LogP contribution is -2.43. The second kappa shape index (κ2) is 11.0. The molecule has 3 aromatic rings. The molecule has 0 radical (unpaired) electrons. The smallest absolute Gasteiger partial charge is 0.326 e. The molecule has 1 N–H and O–H groups in total. The quantitative estimate of drug-likeness (QED) is 0.444. The van der Waals surface area contributed by atoms with Gasteiger partial charge in [-0.05, 0) is 48.3 Å². The minimum atomic E-state index is -0.907. The fourth-order valence-electron chi connectivity index (χ4n) is 4.95. The number of aliphatic carboxylic acids is 1. The van der Waals surface area contributed by atoms with Crippen molar-refractivity contribution in [1.82, 2.24) is 4.90 Å². The molecule has 1 aliphatic heterocycles. The van der Waals surface area contributed by atoms with E-state index in [0.29, 0.717) is 13.0 Å². The number of carboxylic acid groups (broad SMARTS) is 1. The fourth-order valence-corrected chi connectivity index (χ4v) is 4.95. The summed E-state index contributed by atoms with van der Waals surface area (Å²) in [6.07, 6.45) is 4.62. The van der Waals surface area contributed by atoms with Crippen LogP contribution in [0.2, 0.25) is 0 Å². The van der Waals surface area contributed by atoms with Gasteiger partial charge in [-0.3, -0.25) is 4.79 Å². The van der Waals surface area contributed by atoms with Crippen LogP contribution >= 0.6 is 0 Å².